The van der Waals surface area contributed by atoms with Crippen LogP contribution in [-0.4, -0.2) is 19.8 Å². The first-order chi connectivity index (χ1) is 14.5. The second kappa shape index (κ2) is 7.36. The van der Waals surface area contributed by atoms with E-state index < -0.39 is 0 Å². The molecule has 0 N–H and O–H groups in total. The lowest BCUT2D eigenvalue weighted by molar-refractivity contribution is 0.618. The Morgan fingerprint density at radius 1 is 1.00 bits per heavy atom. The first kappa shape index (κ1) is 19.0. The normalized spacial score (nSPS) is 13.0. The van der Waals surface area contributed by atoms with Crippen LogP contribution in [0.15, 0.2) is 52.9 Å². The molecule has 0 fully saturated rings. The smallest absolute Gasteiger partial charge is 0.235 e. The molecule has 5 aromatic rings. The van der Waals surface area contributed by atoms with Crippen molar-refractivity contribution in [3.8, 4) is 11.6 Å². The van der Waals surface area contributed by atoms with E-state index in [1.807, 2.05) is 22.7 Å². The molecule has 0 amide bonds. The van der Waals surface area contributed by atoms with Gasteiger partial charge >= 0.3 is 0 Å². The molecule has 0 aliphatic carbocycles. The minimum atomic E-state index is 0.189. The molecular weight excluding hydrogens is 392 g/mol. The summed E-state index contributed by atoms with van der Waals surface area (Å²) < 4.78 is 7.91. The fourth-order valence-corrected chi connectivity index (χ4v) is 4.81. The van der Waals surface area contributed by atoms with Gasteiger partial charge in [-0.1, -0.05) is 74.6 Å². The number of aromatic nitrogens is 4. The van der Waals surface area contributed by atoms with Gasteiger partial charge in [-0.2, -0.15) is 9.61 Å². The van der Waals surface area contributed by atoms with Crippen LogP contribution in [0.4, 0.5) is 0 Å². The molecule has 3 heterocycles. The molecule has 1 atom stereocenters. The molecule has 0 spiro atoms. The Hall–Kier alpha value is -2.99. The van der Waals surface area contributed by atoms with Gasteiger partial charge in [0.25, 0.3) is 0 Å². The summed E-state index contributed by atoms with van der Waals surface area (Å²) >= 11 is 1.58. The molecule has 5 rings (SSSR count). The summed E-state index contributed by atoms with van der Waals surface area (Å²) in [6.07, 6.45) is 1.10. The molecule has 30 heavy (non-hydrogen) atoms. The van der Waals surface area contributed by atoms with E-state index in [4.69, 9.17) is 9.52 Å². The van der Waals surface area contributed by atoms with Crippen molar-refractivity contribution in [1.82, 2.24) is 19.8 Å². The van der Waals surface area contributed by atoms with Gasteiger partial charge in [0.05, 0.1) is 0 Å². The van der Waals surface area contributed by atoms with Gasteiger partial charge < -0.3 is 4.42 Å². The Kier molecular flexibility index (Phi) is 4.66. The number of benzene rings is 2. The first-order valence-electron chi connectivity index (χ1n) is 10.3. The lowest BCUT2D eigenvalue weighted by atomic mass is 9.97. The van der Waals surface area contributed by atoms with Crippen molar-refractivity contribution in [2.45, 2.75) is 40.0 Å². The van der Waals surface area contributed by atoms with E-state index in [1.54, 1.807) is 11.3 Å². The molecule has 2 aromatic carbocycles. The molecule has 0 aliphatic heterocycles. The van der Waals surface area contributed by atoms with Crippen molar-refractivity contribution in [2.75, 3.05) is 0 Å². The van der Waals surface area contributed by atoms with Crippen LogP contribution < -0.4 is 0 Å². The fraction of sp³-hybridized carbons (Fsp3) is 0.292. The van der Waals surface area contributed by atoms with Crippen molar-refractivity contribution in [2.24, 2.45) is 5.92 Å². The molecule has 0 saturated heterocycles. The van der Waals surface area contributed by atoms with Crippen LogP contribution in [0.2, 0.25) is 0 Å². The van der Waals surface area contributed by atoms with Gasteiger partial charge in [-0.15, -0.1) is 10.2 Å². The predicted octanol–water partition coefficient (Wildman–Crippen LogP) is 6.26. The summed E-state index contributed by atoms with van der Waals surface area (Å²) in [5.41, 5.74) is 4.55. The average Bonchev–Trinajstić information content (AvgIpc) is 3.41. The van der Waals surface area contributed by atoms with E-state index in [0.717, 1.165) is 38.7 Å². The zero-order chi connectivity index (χ0) is 20.8. The van der Waals surface area contributed by atoms with Gasteiger partial charge in [0, 0.05) is 16.9 Å². The summed E-state index contributed by atoms with van der Waals surface area (Å²) in [6, 6.07) is 16.9. The highest BCUT2D eigenvalue weighted by atomic mass is 32.1. The Labute approximate surface area is 179 Å². The number of para-hydroxylation sites is 1. The van der Waals surface area contributed by atoms with Crippen LogP contribution >= 0.6 is 11.3 Å². The minimum Gasteiger partial charge on any atom is -0.452 e. The van der Waals surface area contributed by atoms with Gasteiger partial charge in [-0.05, 0) is 36.5 Å². The maximum Gasteiger partial charge on any atom is 0.235 e. The van der Waals surface area contributed by atoms with E-state index in [1.165, 1.54) is 11.1 Å². The van der Waals surface area contributed by atoms with Crippen LogP contribution in [0.1, 0.15) is 48.4 Å². The van der Waals surface area contributed by atoms with Crippen molar-refractivity contribution in [3.63, 3.8) is 0 Å². The third-order valence-electron chi connectivity index (χ3n) is 5.55. The fourth-order valence-electron chi connectivity index (χ4n) is 3.89. The maximum atomic E-state index is 6.09. The predicted molar refractivity (Wildman–Crippen MR) is 121 cm³/mol. The van der Waals surface area contributed by atoms with Crippen LogP contribution in [0.5, 0.6) is 0 Å². The van der Waals surface area contributed by atoms with E-state index >= 15 is 0 Å². The number of hydrogen-bond donors (Lipinski definition) is 0. The van der Waals surface area contributed by atoms with Gasteiger partial charge in [0.2, 0.25) is 10.8 Å². The summed E-state index contributed by atoms with van der Waals surface area (Å²) in [4.78, 5) is 0.781. The summed E-state index contributed by atoms with van der Waals surface area (Å²) in [5.74, 6) is 2.23. The number of aryl methyl sites for hydroxylation is 1. The molecule has 6 heteroatoms. The minimum absolute atomic E-state index is 0.189. The molecule has 3 aromatic heterocycles. The molecule has 0 saturated carbocycles. The van der Waals surface area contributed by atoms with E-state index in [-0.39, 0.29) is 5.92 Å². The molecular formula is C24H24N4OS. The topological polar surface area (TPSA) is 56.2 Å². The Balaban J connectivity index is 1.50. The molecule has 0 bridgehead atoms. The zero-order valence-corrected chi connectivity index (χ0v) is 18.4. The lowest BCUT2D eigenvalue weighted by Gasteiger charge is -2.10. The van der Waals surface area contributed by atoms with Crippen LogP contribution in [0.25, 0.3) is 27.5 Å². The second-order valence-corrected chi connectivity index (χ2v) is 9.26. The van der Waals surface area contributed by atoms with Crippen molar-refractivity contribution < 1.29 is 4.42 Å². The number of fused-ring (bicyclic) bond motifs is 2. The highest BCUT2D eigenvalue weighted by Crippen LogP contribution is 2.34. The van der Waals surface area contributed by atoms with Gasteiger partial charge in [0.1, 0.15) is 10.6 Å². The third kappa shape index (κ3) is 3.21. The second-order valence-electron chi connectivity index (χ2n) is 8.27. The summed E-state index contributed by atoms with van der Waals surface area (Å²) in [6.45, 7) is 8.74. The zero-order valence-electron chi connectivity index (χ0n) is 17.6. The first-order valence-corrected chi connectivity index (χ1v) is 11.1. The number of rotatable bonds is 5. The maximum absolute atomic E-state index is 6.09. The van der Waals surface area contributed by atoms with Gasteiger partial charge in [-0.3, -0.25) is 0 Å². The van der Waals surface area contributed by atoms with Crippen LogP contribution in [0.3, 0.4) is 0 Å². The molecule has 0 unspecified atom stereocenters. The van der Waals surface area contributed by atoms with E-state index in [2.05, 4.69) is 68.2 Å². The quantitative estimate of drug-likeness (QED) is 0.339. The Morgan fingerprint density at radius 2 is 1.77 bits per heavy atom. The SMILES string of the molecule is Cc1c(-c2nnc3sc([C@@H](C)c4ccc(CC(C)C)cc4)nn23)oc2ccccc12. The molecule has 5 nitrogen and oxygen atoms in total. The highest BCUT2D eigenvalue weighted by molar-refractivity contribution is 7.16. The van der Waals surface area contributed by atoms with Crippen molar-refractivity contribution >= 4 is 27.3 Å². The van der Waals surface area contributed by atoms with Crippen molar-refractivity contribution in [1.29, 1.82) is 0 Å². The summed E-state index contributed by atoms with van der Waals surface area (Å²) in [7, 11) is 0. The molecule has 0 aliphatic rings. The number of hydrogen-bond acceptors (Lipinski definition) is 5. The monoisotopic (exact) mass is 416 g/mol. The standard InChI is InChI=1S/C24H24N4OS/c1-14(2)13-17-9-11-18(12-10-17)15(3)23-27-28-22(25-26-24(28)30-23)21-16(4)19-7-5-6-8-20(19)29-21/h5-12,14-15H,13H2,1-4H3/t15-/m0/s1. The number of nitrogens with zero attached hydrogens (tertiary/aromatic N) is 4. The number of furan rings is 1. The van der Waals surface area contributed by atoms with Crippen LogP contribution in [0, 0.1) is 12.8 Å². The lowest BCUT2D eigenvalue weighted by Crippen LogP contribution is -1.99. The van der Waals surface area contributed by atoms with Gasteiger partial charge in [0.15, 0.2) is 5.76 Å². The van der Waals surface area contributed by atoms with Crippen LogP contribution in [-0.2, 0) is 6.42 Å². The Morgan fingerprint density at radius 3 is 2.50 bits per heavy atom. The average molecular weight is 417 g/mol. The Bertz CT molecular complexity index is 1330. The largest absolute Gasteiger partial charge is 0.452 e. The summed E-state index contributed by atoms with van der Waals surface area (Å²) in [5, 5.41) is 15.7. The van der Waals surface area contributed by atoms with E-state index in [9.17, 15) is 0 Å². The van der Waals surface area contributed by atoms with E-state index in [0.29, 0.717) is 11.7 Å². The third-order valence-corrected chi connectivity index (χ3v) is 6.63. The van der Waals surface area contributed by atoms with Crippen molar-refractivity contribution in [3.05, 3.63) is 70.2 Å². The molecule has 0 radical (unpaired) electrons. The highest BCUT2D eigenvalue weighted by Gasteiger charge is 2.22. The molecule has 152 valence electrons. The van der Waals surface area contributed by atoms with Gasteiger partial charge in [-0.25, -0.2) is 0 Å².